The lowest BCUT2D eigenvalue weighted by Crippen LogP contribution is -2.24. The van der Waals surface area contributed by atoms with Gasteiger partial charge in [0.15, 0.2) is 10.9 Å². The van der Waals surface area contributed by atoms with Crippen LogP contribution in [0.25, 0.3) is 0 Å². The zero-order valence-corrected chi connectivity index (χ0v) is 21.7. The summed E-state index contributed by atoms with van der Waals surface area (Å²) in [7, 11) is -2.34. The molecule has 0 aromatic heterocycles. The molecule has 3 N–H and O–H groups in total. The van der Waals surface area contributed by atoms with Crippen LogP contribution in [-0.4, -0.2) is 39.5 Å². The zero-order chi connectivity index (χ0) is 25.7. The number of carbonyl (C=O) groups is 1. The maximum absolute atomic E-state index is 13.5. The highest BCUT2D eigenvalue weighted by atomic mass is 32.2. The van der Waals surface area contributed by atoms with Crippen molar-refractivity contribution in [2.24, 2.45) is 0 Å². The average Bonchev–Trinajstić information content (AvgIpc) is 3.39. The molecule has 1 saturated heterocycles. The minimum absolute atomic E-state index is 0.0164. The lowest BCUT2D eigenvalue weighted by Gasteiger charge is -2.23. The summed E-state index contributed by atoms with van der Waals surface area (Å²) in [5, 5.41) is 6.42. The maximum Gasteiger partial charge on any atom is 0.264 e. The fourth-order valence-corrected chi connectivity index (χ4v) is 5.52. The number of benzene rings is 3. The molecule has 1 aliphatic heterocycles. The lowest BCUT2D eigenvalue weighted by atomic mass is 10.1. The fraction of sp³-hybridized carbons (Fsp3) is 0.231. The number of nitrogens with zero attached hydrogens (tertiary/aromatic N) is 1. The predicted octanol–water partition coefficient (Wildman–Crippen LogP) is 5.11. The number of ether oxygens (including phenoxy) is 1. The second kappa shape index (κ2) is 11.0. The third-order valence-electron chi connectivity index (χ3n) is 5.85. The molecule has 8 nitrogen and oxygen atoms in total. The fourth-order valence-electron chi connectivity index (χ4n) is 3.98. The van der Waals surface area contributed by atoms with Crippen LogP contribution in [0, 0.1) is 0 Å². The van der Waals surface area contributed by atoms with Gasteiger partial charge < -0.3 is 20.3 Å². The molecule has 1 heterocycles. The highest BCUT2D eigenvalue weighted by Crippen LogP contribution is 2.32. The molecule has 0 spiro atoms. The molecule has 1 aliphatic rings. The number of nitrogens with one attached hydrogen (secondary N) is 3. The molecule has 0 aliphatic carbocycles. The molecule has 0 bridgehead atoms. The number of rotatable bonds is 8. The Labute approximate surface area is 216 Å². The standard InChI is InChI=1S/C26H28N4O4S2/c1-18(31)19-5-7-20(8-6-19)27-26(35)28-22-11-14-24(30-15-3-4-16-30)25(17-22)36(32,33)29-21-9-12-23(34-2)13-10-21/h5-14,17,29H,3-4,15-16H2,1-2H3,(H2,27,28,35). The smallest absolute Gasteiger partial charge is 0.264 e. The van der Waals surface area contributed by atoms with Crippen molar-refractivity contribution >= 4 is 55.9 Å². The van der Waals surface area contributed by atoms with Crippen molar-refractivity contribution in [3.05, 3.63) is 72.3 Å². The van der Waals surface area contributed by atoms with Gasteiger partial charge in [0.25, 0.3) is 10.0 Å². The molecule has 0 unspecified atom stereocenters. The first-order valence-corrected chi connectivity index (χ1v) is 13.4. The van der Waals surface area contributed by atoms with Crippen molar-refractivity contribution in [1.82, 2.24) is 0 Å². The van der Waals surface area contributed by atoms with Crippen LogP contribution in [0.3, 0.4) is 0 Å². The summed E-state index contributed by atoms with van der Waals surface area (Å²) in [6.07, 6.45) is 2.03. The topological polar surface area (TPSA) is 99.8 Å². The van der Waals surface area contributed by atoms with Gasteiger partial charge in [0.05, 0.1) is 12.8 Å². The van der Waals surface area contributed by atoms with E-state index < -0.39 is 10.0 Å². The van der Waals surface area contributed by atoms with Crippen LogP contribution in [0.2, 0.25) is 0 Å². The van der Waals surface area contributed by atoms with Crippen LogP contribution in [0.15, 0.2) is 71.6 Å². The molecule has 4 rings (SSSR count). The maximum atomic E-state index is 13.5. The number of hydrogen-bond donors (Lipinski definition) is 3. The van der Waals surface area contributed by atoms with Crippen LogP contribution in [0.5, 0.6) is 5.75 Å². The minimum Gasteiger partial charge on any atom is -0.497 e. The van der Waals surface area contributed by atoms with E-state index in [0.717, 1.165) is 25.9 Å². The first kappa shape index (κ1) is 25.5. The van der Waals surface area contributed by atoms with Gasteiger partial charge in [0, 0.05) is 35.7 Å². The molecule has 3 aromatic rings. The molecule has 0 saturated carbocycles. The largest absolute Gasteiger partial charge is 0.497 e. The van der Waals surface area contributed by atoms with Crippen molar-refractivity contribution in [3.8, 4) is 5.75 Å². The number of anilines is 4. The van der Waals surface area contributed by atoms with Gasteiger partial charge in [-0.2, -0.15) is 0 Å². The van der Waals surface area contributed by atoms with Gasteiger partial charge >= 0.3 is 0 Å². The summed E-state index contributed by atoms with van der Waals surface area (Å²) in [5.74, 6) is 0.621. The Morgan fingerprint density at radius 2 is 1.47 bits per heavy atom. The van der Waals surface area contributed by atoms with Crippen molar-refractivity contribution in [1.29, 1.82) is 0 Å². The summed E-state index contributed by atoms with van der Waals surface area (Å²) >= 11 is 5.43. The Morgan fingerprint density at radius 1 is 0.889 bits per heavy atom. The summed E-state index contributed by atoms with van der Waals surface area (Å²) in [5.41, 5.74) is 2.94. The molecule has 0 atom stereocenters. The molecule has 0 radical (unpaired) electrons. The molecule has 10 heteroatoms. The van der Waals surface area contributed by atoms with Crippen LogP contribution in [0.1, 0.15) is 30.1 Å². The van der Waals surface area contributed by atoms with E-state index in [1.54, 1.807) is 67.8 Å². The summed E-state index contributed by atoms with van der Waals surface area (Å²) in [6.45, 7) is 3.11. The van der Waals surface area contributed by atoms with Crippen molar-refractivity contribution in [2.45, 2.75) is 24.7 Å². The molecule has 3 aromatic carbocycles. The van der Waals surface area contributed by atoms with E-state index in [0.29, 0.717) is 39.2 Å². The van der Waals surface area contributed by atoms with Crippen LogP contribution >= 0.6 is 12.2 Å². The van der Waals surface area contributed by atoms with Crippen LogP contribution in [0.4, 0.5) is 22.7 Å². The minimum atomic E-state index is -3.90. The summed E-state index contributed by atoms with van der Waals surface area (Å²) in [4.78, 5) is 13.7. The quantitative estimate of drug-likeness (QED) is 0.276. The third-order valence-corrected chi connectivity index (χ3v) is 7.46. The highest BCUT2D eigenvalue weighted by Gasteiger charge is 2.25. The SMILES string of the molecule is COc1ccc(NS(=O)(=O)c2cc(NC(=S)Nc3ccc(C(C)=O)cc3)ccc2N2CCCC2)cc1. The van der Waals surface area contributed by atoms with Gasteiger partial charge in [-0.1, -0.05) is 0 Å². The third kappa shape index (κ3) is 6.13. The number of thiocarbonyl (C=S) groups is 1. The van der Waals surface area contributed by atoms with Crippen LogP contribution in [-0.2, 0) is 10.0 Å². The molecule has 1 fully saturated rings. The van der Waals surface area contributed by atoms with E-state index in [1.807, 2.05) is 6.07 Å². The van der Waals surface area contributed by atoms with Gasteiger partial charge in [-0.15, -0.1) is 0 Å². The van der Waals surface area contributed by atoms with Gasteiger partial charge in [0.1, 0.15) is 10.6 Å². The Balaban J connectivity index is 1.57. The van der Waals surface area contributed by atoms with E-state index >= 15 is 0 Å². The molecule has 36 heavy (non-hydrogen) atoms. The van der Waals surface area contributed by atoms with E-state index in [9.17, 15) is 13.2 Å². The van der Waals surface area contributed by atoms with Gasteiger partial charge in [-0.3, -0.25) is 9.52 Å². The van der Waals surface area contributed by atoms with E-state index in [1.165, 1.54) is 6.92 Å². The summed E-state index contributed by atoms with van der Waals surface area (Å²) in [6, 6.07) is 18.9. The Hall–Kier alpha value is -3.63. The van der Waals surface area contributed by atoms with Crippen molar-refractivity contribution in [2.75, 3.05) is 40.5 Å². The highest BCUT2D eigenvalue weighted by molar-refractivity contribution is 7.93. The van der Waals surface area contributed by atoms with Crippen LogP contribution < -0.4 is 25.0 Å². The second-order valence-corrected chi connectivity index (χ2v) is 10.5. The Morgan fingerprint density at radius 3 is 2.08 bits per heavy atom. The average molecular weight is 525 g/mol. The second-order valence-electron chi connectivity index (χ2n) is 8.42. The number of hydrogen-bond acceptors (Lipinski definition) is 6. The Bertz CT molecular complexity index is 1350. The van der Waals surface area contributed by atoms with E-state index in [2.05, 4.69) is 20.3 Å². The number of methoxy groups -OCH3 is 1. The van der Waals surface area contributed by atoms with Gasteiger partial charge in [0.2, 0.25) is 0 Å². The predicted molar refractivity (Wildman–Crippen MR) is 148 cm³/mol. The number of Topliss-reactive ketones (excluding diaryl/α,β-unsaturated/α-hetero) is 1. The summed E-state index contributed by atoms with van der Waals surface area (Å²) < 4.78 is 34.8. The number of sulfonamides is 1. The van der Waals surface area contributed by atoms with E-state index in [4.69, 9.17) is 17.0 Å². The van der Waals surface area contributed by atoms with Crippen molar-refractivity contribution < 1.29 is 17.9 Å². The molecular formula is C26H28N4O4S2. The Kier molecular flexibility index (Phi) is 7.76. The molecule has 188 valence electrons. The molecule has 0 amide bonds. The normalized spacial score (nSPS) is 13.2. The van der Waals surface area contributed by atoms with Gasteiger partial charge in [-0.05, 0) is 98.7 Å². The van der Waals surface area contributed by atoms with Crippen molar-refractivity contribution in [3.63, 3.8) is 0 Å². The van der Waals surface area contributed by atoms with Gasteiger partial charge in [-0.25, -0.2) is 8.42 Å². The lowest BCUT2D eigenvalue weighted by molar-refractivity contribution is 0.101. The first-order valence-electron chi connectivity index (χ1n) is 11.5. The monoisotopic (exact) mass is 524 g/mol. The number of carbonyl (C=O) groups excluding carboxylic acids is 1. The van der Waals surface area contributed by atoms with E-state index in [-0.39, 0.29) is 10.7 Å². The molecular weight excluding hydrogens is 496 g/mol. The number of ketones is 1. The zero-order valence-electron chi connectivity index (χ0n) is 20.1. The first-order chi connectivity index (χ1) is 17.2.